The van der Waals surface area contributed by atoms with Gasteiger partial charge in [0.05, 0.1) is 12.3 Å². The minimum absolute atomic E-state index is 0.248. The number of thiophene rings is 1. The van der Waals surface area contributed by atoms with Crippen molar-refractivity contribution in [3.05, 3.63) is 52.7 Å². The fourth-order valence-electron chi connectivity index (χ4n) is 2.28. The molecule has 0 saturated carbocycles. The minimum atomic E-state index is 0.248. The molecule has 2 aromatic heterocycles. The van der Waals surface area contributed by atoms with Gasteiger partial charge in [-0.15, -0.1) is 0 Å². The van der Waals surface area contributed by atoms with Crippen molar-refractivity contribution in [2.24, 2.45) is 0 Å². The molecule has 0 bridgehead atoms. The van der Waals surface area contributed by atoms with E-state index in [1.165, 1.54) is 5.56 Å². The molecule has 3 aromatic rings. The van der Waals surface area contributed by atoms with Crippen molar-refractivity contribution < 1.29 is 4.74 Å². The van der Waals surface area contributed by atoms with Crippen molar-refractivity contribution in [3.8, 4) is 23.1 Å². The number of rotatable bonds is 5. The first-order valence-electron chi connectivity index (χ1n) is 7.44. The molecule has 3 rings (SSSR count). The molecule has 1 aromatic carbocycles. The molecule has 0 aliphatic heterocycles. The molecule has 0 atom stereocenters. The zero-order valence-electron chi connectivity index (χ0n) is 13.1. The molecule has 0 aliphatic rings. The molecule has 0 amide bonds. The van der Waals surface area contributed by atoms with Gasteiger partial charge in [-0.1, -0.05) is 12.1 Å². The van der Waals surface area contributed by atoms with E-state index in [4.69, 9.17) is 15.7 Å². The summed E-state index contributed by atoms with van der Waals surface area (Å²) in [5, 5.41) is 16.5. The van der Waals surface area contributed by atoms with Gasteiger partial charge in [0.2, 0.25) is 5.88 Å². The number of anilines is 3. The summed E-state index contributed by atoms with van der Waals surface area (Å²) in [7, 11) is 0. The van der Waals surface area contributed by atoms with E-state index in [0.717, 1.165) is 11.3 Å². The highest BCUT2D eigenvalue weighted by atomic mass is 32.1. The van der Waals surface area contributed by atoms with Crippen LogP contribution in [-0.2, 0) is 0 Å². The number of hydrogen-bond donors (Lipinski definition) is 2. The van der Waals surface area contributed by atoms with Crippen molar-refractivity contribution in [1.29, 1.82) is 5.26 Å². The highest BCUT2D eigenvalue weighted by molar-refractivity contribution is 7.08. The Morgan fingerprint density at radius 2 is 2.04 bits per heavy atom. The maximum absolute atomic E-state index is 9.16. The van der Waals surface area contributed by atoms with Gasteiger partial charge < -0.3 is 15.8 Å². The first-order chi connectivity index (χ1) is 11.7. The lowest BCUT2D eigenvalue weighted by Gasteiger charge is -2.11. The standard InChI is InChI=1S/C18H16N4OS/c1-2-23-18-15(10-19)16(20)9-17(22-18)21-14-5-3-12(4-6-14)13-7-8-24-11-13/h3-9,11H,2H2,1H3,(H3,20,21,22). The Bertz CT molecular complexity index is 867. The zero-order chi connectivity index (χ0) is 16.9. The molecule has 3 N–H and O–H groups in total. The van der Waals surface area contributed by atoms with Crippen LogP contribution in [0, 0.1) is 11.3 Å². The van der Waals surface area contributed by atoms with Gasteiger partial charge in [0.25, 0.3) is 0 Å². The fraction of sp³-hybridized carbons (Fsp3) is 0.111. The van der Waals surface area contributed by atoms with Crippen LogP contribution < -0.4 is 15.8 Å². The molecule has 24 heavy (non-hydrogen) atoms. The third-order valence-electron chi connectivity index (χ3n) is 3.42. The molecule has 2 heterocycles. The van der Waals surface area contributed by atoms with Gasteiger partial charge >= 0.3 is 0 Å². The Kier molecular flexibility index (Phi) is 4.64. The van der Waals surface area contributed by atoms with E-state index in [2.05, 4.69) is 27.1 Å². The first-order valence-corrected chi connectivity index (χ1v) is 8.38. The monoisotopic (exact) mass is 336 g/mol. The highest BCUT2D eigenvalue weighted by Gasteiger charge is 2.12. The van der Waals surface area contributed by atoms with E-state index in [0.29, 0.717) is 18.1 Å². The molecule has 0 unspecified atom stereocenters. The lowest BCUT2D eigenvalue weighted by molar-refractivity contribution is 0.326. The average molecular weight is 336 g/mol. The van der Waals surface area contributed by atoms with E-state index in [1.54, 1.807) is 17.4 Å². The summed E-state index contributed by atoms with van der Waals surface area (Å²) in [6, 6.07) is 13.8. The SMILES string of the molecule is CCOc1nc(Nc2ccc(-c3ccsc3)cc2)cc(N)c1C#N. The third-order valence-corrected chi connectivity index (χ3v) is 4.10. The quantitative estimate of drug-likeness (QED) is 0.721. The van der Waals surface area contributed by atoms with E-state index in [-0.39, 0.29) is 11.4 Å². The van der Waals surface area contributed by atoms with Crippen LogP contribution in [0.3, 0.4) is 0 Å². The topological polar surface area (TPSA) is 84.0 Å². The Labute approximate surface area is 144 Å². The molecule has 0 spiro atoms. The Morgan fingerprint density at radius 1 is 1.25 bits per heavy atom. The summed E-state index contributed by atoms with van der Waals surface area (Å²) in [6.45, 7) is 2.25. The van der Waals surface area contributed by atoms with E-state index >= 15 is 0 Å². The van der Waals surface area contributed by atoms with Crippen LogP contribution in [0.4, 0.5) is 17.2 Å². The summed E-state index contributed by atoms with van der Waals surface area (Å²) in [6.07, 6.45) is 0. The maximum atomic E-state index is 9.16. The average Bonchev–Trinajstić information content (AvgIpc) is 3.10. The molecule has 5 nitrogen and oxygen atoms in total. The molecule has 0 aliphatic carbocycles. The summed E-state index contributed by atoms with van der Waals surface area (Å²) in [5.41, 5.74) is 9.76. The molecular weight excluding hydrogens is 320 g/mol. The zero-order valence-corrected chi connectivity index (χ0v) is 13.9. The van der Waals surface area contributed by atoms with Crippen molar-refractivity contribution in [2.75, 3.05) is 17.7 Å². The number of nitriles is 1. The Balaban J connectivity index is 1.84. The molecule has 0 fully saturated rings. The van der Waals surface area contributed by atoms with Crippen molar-refractivity contribution >= 4 is 28.5 Å². The van der Waals surface area contributed by atoms with Crippen LogP contribution in [0.15, 0.2) is 47.2 Å². The highest BCUT2D eigenvalue weighted by Crippen LogP contribution is 2.28. The Hall–Kier alpha value is -3.04. The number of nitrogens with one attached hydrogen (secondary N) is 1. The first kappa shape index (κ1) is 15.8. The van der Waals surface area contributed by atoms with Gasteiger partial charge in [0, 0.05) is 11.8 Å². The van der Waals surface area contributed by atoms with Crippen LogP contribution >= 0.6 is 11.3 Å². The minimum Gasteiger partial charge on any atom is -0.477 e. The predicted octanol–water partition coefficient (Wildman–Crippen LogP) is 4.41. The van der Waals surface area contributed by atoms with Gasteiger partial charge in [-0.05, 0) is 47.0 Å². The van der Waals surface area contributed by atoms with Gasteiger partial charge in [-0.2, -0.15) is 21.6 Å². The summed E-state index contributed by atoms with van der Waals surface area (Å²) in [4.78, 5) is 4.33. The van der Waals surface area contributed by atoms with E-state index in [9.17, 15) is 0 Å². The second-order valence-electron chi connectivity index (χ2n) is 5.04. The summed E-state index contributed by atoms with van der Waals surface area (Å²) >= 11 is 1.67. The number of pyridine rings is 1. The lowest BCUT2D eigenvalue weighted by Crippen LogP contribution is -2.04. The van der Waals surface area contributed by atoms with E-state index < -0.39 is 0 Å². The molecule has 0 saturated heterocycles. The van der Waals surface area contributed by atoms with E-state index in [1.807, 2.05) is 37.3 Å². The van der Waals surface area contributed by atoms with Crippen LogP contribution in [0.2, 0.25) is 0 Å². The van der Waals surface area contributed by atoms with Crippen LogP contribution in [0.25, 0.3) is 11.1 Å². The van der Waals surface area contributed by atoms with Crippen LogP contribution in [0.1, 0.15) is 12.5 Å². The third kappa shape index (κ3) is 3.31. The fourth-order valence-corrected chi connectivity index (χ4v) is 2.95. The van der Waals surface area contributed by atoms with Crippen LogP contribution in [0.5, 0.6) is 5.88 Å². The van der Waals surface area contributed by atoms with Gasteiger partial charge in [0.1, 0.15) is 17.5 Å². The molecule has 6 heteroatoms. The summed E-state index contributed by atoms with van der Waals surface area (Å²) in [5.74, 6) is 0.788. The number of nitrogen functional groups attached to an aromatic ring is 1. The number of benzene rings is 1. The van der Waals surface area contributed by atoms with Crippen LogP contribution in [-0.4, -0.2) is 11.6 Å². The van der Waals surface area contributed by atoms with Crippen molar-refractivity contribution in [2.45, 2.75) is 6.92 Å². The normalized spacial score (nSPS) is 10.2. The summed E-state index contributed by atoms with van der Waals surface area (Å²) < 4.78 is 5.40. The second-order valence-corrected chi connectivity index (χ2v) is 5.82. The molecular formula is C18H16N4OS. The predicted molar refractivity (Wildman–Crippen MR) is 97.6 cm³/mol. The maximum Gasteiger partial charge on any atom is 0.235 e. The Morgan fingerprint density at radius 3 is 2.67 bits per heavy atom. The number of aromatic nitrogens is 1. The molecule has 120 valence electrons. The van der Waals surface area contributed by atoms with Gasteiger partial charge in [-0.3, -0.25) is 0 Å². The van der Waals surface area contributed by atoms with Gasteiger partial charge in [-0.25, -0.2) is 0 Å². The molecule has 0 radical (unpaired) electrons. The van der Waals surface area contributed by atoms with Gasteiger partial charge in [0.15, 0.2) is 0 Å². The second kappa shape index (κ2) is 7.02. The largest absolute Gasteiger partial charge is 0.477 e. The number of ether oxygens (including phenoxy) is 1. The van der Waals surface area contributed by atoms with Crippen molar-refractivity contribution in [3.63, 3.8) is 0 Å². The lowest BCUT2D eigenvalue weighted by atomic mass is 10.1. The number of hydrogen-bond acceptors (Lipinski definition) is 6. The number of nitrogens with zero attached hydrogens (tertiary/aromatic N) is 2. The van der Waals surface area contributed by atoms with Crippen molar-refractivity contribution in [1.82, 2.24) is 4.98 Å². The number of nitrogens with two attached hydrogens (primary N) is 1. The smallest absolute Gasteiger partial charge is 0.235 e.